The van der Waals surface area contributed by atoms with Gasteiger partial charge in [-0.2, -0.15) is 5.26 Å². The van der Waals surface area contributed by atoms with Gasteiger partial charge in [0.05, 0.1) is 6.07 Å². The minimum atomic E-state index is 0.650. The lowest BCUT2D eigenvalue weighted by Crippen LogP contribution is -2.19. The van der Waals surface area contributed by atoms with E-state index < -0.39 is 0 Å². The van der Waals surface area contributed by atoms with Crippen molar-refractivity contribution in [2.75, 3.05) is 13.6 Å². The van der Waals surface area contributed by atoms with Crippen LogP contribution in [0.3, 0.4) is 0 Å². The van der Waals surface area contributed by atoms with Crippen molar-refractivity contribution in [1.29, 1.82) is 5.26 Å². The van der Waals surface area contributed by atoms with E-state index >= 15 is 0 Å². The average Bonchev–Trinajstić information content (AvgIpc) is 2.24. The summed E-state index contributed by atoms with van der Waals surface area (Å²) >= 11 is 0. The molecule has 0 amide bonds. The van der Waals surface area contributed by atoms with E-state index in [0.29, 0.717) is 6.42 Å². The molecule has 0 N–H and O–H groups in total. The molecule has 86 valence electrons. The summed E-state index contributed by atoms with van der Waals surface area (Å²) in [6.07, 6.45) is 1.61. The van der Waals surface area contributed by atoms with E-state index in [-0.39, 0.29) is 0 Å². The third-order valence-electron chi connectivity index (χ3n) is 2.85. The van der Waals surface area contributed by atoms with E-state index in [1.807, 2.05) is 0 Å². The van der Waals surface area contributed by atoms with Crippen LogP contribution in [-0.2, 0) is 6.54 Å². The van der Waals surface area contributed by atoms with Crippen LogP contribution < -0.4 is 0 Å². The van der Waals surface area contributed by atoms with Crippen LogP contribution in [0.5, 0.6) is 0 Å². The van der Waals surface area contributed by atoms with Gasteiger partial charge in [0, 0.05) is 13.0 Å². The monoisotopic (exact) mass is 216 g/mol. The van der Waals surface area contributed by atoms with Gasteiger partial charge in [-0.25, -0.2) is 0 Å². The Bertz CT molecular complexity index is 377. The molecule has 0 unspecified atom stereocenters. The molecule has 0 heterocycles. The lowest BCUT2D eigenvalue weighted by atomic mass is 10.1. The van der Waals surface area contributed by atoms with E-state index in [2.05, 4.69) is 50.1 Å². The molecule has 1 aromatic carbocycles. The summed E-state index contributed by atoms with van der Waals surface area (Å²) in [7, 11) is 2.10. The average molecular weight is 216 g/mol. The number of hydrogen-bond acceptors (Lipinski definition) is 2. The van der Waals surface area contributed by atoms with Crippen molar-refractivity contribution in [2.45, 2.75) is 33.2 Å². The van der Waals surface area contributed by atoms with Crippen LogP contribution >= 0.6 is 0 Å². The Labute approximate surface area is 98.5 Å². The third-order valence-corrected chi connectivity index (χ3v) is 2.85. The standard InChI is InChI=1S/C14H20N2/c1-12-6-7-14(10-13(12)2)11-16(3)9-5-4-8-15/h6-7,10H,4-5,9,11H2,1-3H3. The van der Waals surface area contributed by atoms with E-state index in [9.17, 15) is 0 Å². The highest BCUT2D eigenvalue weighted by molar-refractivity contribution is 5.29. The lowest BCUT2D eigenvalue weighted by molar-refractivity contribution is 0.323. The molecule has 0 aliphatic heterocycles. The lowest BCUT2D eigenvalue weighted by Gasteiger charge is -2.16. The minimum Gasteiger partial charge on any atom is -0.302 e. The third kappa shape index (κ3) is 4.04. The van der Waals surface area contributed by atoms with Gasteiger partial charge in [-0.15, -0.1) is 0 Å². The summed E-state index contributed by atoms with van der Waals surface area (Å²) in [6.45, 7) is 6.23. The van der Waals surface area contributed by atoms with Gasteiger partial charge < -0.3 is 4.90 Å². The number of nitriles is 1. The van der Waals surface area contributed by atoms with Crippen LogP contribution in [0.2, 0.25) is 0 Å². The highest BCUT2D eigenvalue weighted by Crippen LogP contribution is 2.11. The Morgan fingerprint density at radius 2 is 2.00 bits per heavy atom. The molecule has 0 aromatic heterocycles. The summed E-state index contributed by atoms with van der Waals surface area (Å²) in [6, 6.07) is 8.78. The van der Waals surface area contributed by atoms with Crippen molar-refractivity contribution in [3.8, 4) is 6.07 Å². The fourth-order valence-electron chi connectivity index (χ4n) is 1.72. The molecular formula is C14H20N2. The number of nitrogens with zero attached hydrogens (tertiary/aromatic N) is 2. The molecule has 1 rings (SSSR count). The maximum absolute atomic E-state index is 8.47. The normalized spacial score (nSPS) is 10.4. The fraction of sp³-hybridized carbons (Fsp3) is 0.500. The molecule has 16 heavy (non-hydrogen) atoms. The van der Waals surface area contributed by atoms with Crippen molar-refractivity contribution in [2.24, 2.45) is 0 Å². The zero-order valence-corrected chi connectivity index (χ0v) is 10.5. The van der Waals surface area contributed by atoms with Crippen LogP contribution in [0.25, 0.3) is 0 Å². The van der Waals surface area contributed by atoms with E-state index in [0.717, 1.165) is 19.5 Å². The van der Waals surface area contributed by atoms with E-state index in [1.165, 1.54) is 16.7 Å². The zero-order valence-electron chi connectivity index (χ0n) is 10.5. The Morgan fingerprint density at radius 1 is 1.25 bits per heavy atom. The molecule has 2 nitrogen and oxygen atoms in total. The second-order valence-corrected chi connectivity index (χ2v) is 4.42. The van der Waals surface area contributed by atoms with Gasteiger partial charge in [0.2, 0.25) is 0 Å². The van der Waals surface area contributed by atoms with E-state index in [4.69, 9.17) is 5.26 Å². The van der Waals surface area contributed by atoms with Crippen molar-refractivity contribution in [1.82, 2.24) is 4.90 Å². The molecule has 0 atom stereocenters. The van der Waals surface area contributed by atoms with Crippen molar-refractivity contribution in [3.05, 3.63) is 34.9 Å². The number of aryl methyl sites for hydroxylation is 2. The van der Waals surface area contributed by atoms with Gasteiger partial charge in [0.15, 0.2) is 0 Å². The highest BCUT2D eigenvalue weighted by Gasteiger charge is 2.01. The van der Waals surface area contributed by atoms with Crippen LogP contribution in [0.15, 0.2) is 18.2 Å². The van der Waals surface area contributed by atoms with E-state index in [1.54, 1.807) is 0 Å². The fourth-order valence-corrected chi connectivity index (χ4v) is 1.72. The first-order chi connectivity index (χ1) is 7.63. The second-order valence-electron chi connectivity index (χ2n) is 4.42. The highest BCUT2D eigenvalue weighted by atomic mass is 15.1. The molecule has 0 fully saturated rings. The molecule has 0 radical (unpaired) electrons. The molecular weight excluding hydrogens is 196 g/mol. The number of rotatable bonds is 5. The van der Waals surface area contributed by atoms with Crippen molar-refractivity contribution < 1.29 is 0 Å². The maximum atomic E-state index is 8.47. The maximum Gasteiger partial charge on any atom is 0.0622 e. The summed E-state index contributed by atoms with van der Waals surface area (Å²) in [5.74, 6) is 0. The molecule has 0 aliphatic carbocycles. The second kappa shape index (κ2) is 6.30. The molecule has 0 saturated heterocycles. The van der Waals surface area contributed by atoms with Crippen LogP contribution in [0.1, 0.15) is 29.5 Å². The minimum absolute atomic E-state index is 0.650. The summed E-state index contributed by atoms with van der Waals surface area (Å²) in [4.78, 5) is 2.27. The molecule has 0 aliphatic rings. The first kappa shape index (κ1) is 12.7. The number of unbranched alkanes of at least 4 members (excludes halogenated alkanes) is 1. The number of benzene rings is 1. The van der Waals surface area contributed by atoms with Crippen molar-refractivity contribution in [3.63, 3.8) is 0 Å². The van der Waals surface area contributed by atoms with Gasteiger partial charge in [-0.1, -0.05) is 18.2 Å². The Morgan fingerprint density at radius 3 is 2.62 bits per heavy atom. The van der Waals surface area contributed by atoms with Crippen LogP contribution in [-0.4, -0.2) is 18.5 Å². The summed E-state index contributed by atoms with van der Waals surface area (Å²) in [5, 5.41) is 8.47. The quantitative estimate of drug-likeness (QED) is 0.707. The number of hydrogen-bond donors (Lipinski definition) is 0. The largest absolute Gasteiger partial charge is 0.302 e. The Hall–Kier alpha value is -1.33. The van der Waals surface area contributed by atoms with Gasteiger partial charge in [-0.3, -0.25) is 0 Å². The SMILES string of the molecule is Cc1ccc(CN(C)CCCC#N)cc1C. The molecule has 2 heteroatoms. The van der Waals surface area contributed by atoms with Crippen molar-refractivity contribution >= 4 is 0 Å². The van der Waals surface area contributed by atoms with Gasteiger partial charge in [0.25, 0.3) is 0 Å². The van der Waals surface area contributed by atoms with Gasteiger partial charge >= 0.3 is 0 Å². The predicted molar refractivity (Wildman–Crippen MR) is 67.1 cm³/mol. The zero-order chi connectivity index (χ0) is 12.0. The first-order valence-corrected chi connectivity index (χ1v) is 5.75. The molecule has 0 spiro atoms. The van der Waals surface area contributed by atoms with Gasteiger partial charge in [0.1, 0.15) is 0 Å². The van der Waals surface area contributed by atoms with Crippen LogP contribution in [0.4, 0.5) is 0 Å². The molecule has 1 aromatic rings. The summed E-state index contributed by atoms with van der Waals surface area (Å²) in [5.41, 5.74) is 4.04. The predicted octanol–water partition coefficient (Wildman–Crippen LogP) is 3.04. The first-order valence-electron chi connectivity index (χ1n) is 5.75. The smallest absolute Gasteiger partial charge is 0.0622 e. The molecule has 0 bridgehead atoms. The Kier molecular flexibility index (Phi) is 5.01. The van der Waals surface area contributed by atoms with Gasteiger partial charge in [-0.05, 0) is 50.6 Å². The Balaban J connectivity index is 2.47. The van der Waals surface area contributed by atoms with Crippen LogP contribution in [0, 0.1) is 25.2 Å². The molecule has 0 saturated carbocycles. The topological polar surface area (TPSA) is 27.0 Å². The summed E-state index contributed by atoms with van der Waals surface area (Å²) < 4.78 is 0.